The molecule has 0 amide bonds. The summed E-state index contributed by atoms with van der Waals surface area (Å²) in [5.74, 6) is 0.661. The summed E-state index contributed by atoms with van der Waals surface area (Å²) < 4.78 is 31.9. The standard InChI is InChI=1S/C15H22N4O3S/c1-12(2)6-7-18-8-10-19(11-9-18)23(20,21)14-5-3-4-13-15(14)17-22-16-13/h3-5,12H,6-11H2,1-2H3. The number of sulfonamides is 1. The van der Waals surface area contributed by atoms with Gasteiger partial charge in [0.15, 0.2) is 5.52 Å². The van der Waals surface area contributed by atoms with Crippen molar-refractivity contribution in [2.75, 3.05) is 32.7 Å². The number of hydrogen-bond donors (Lipinski definition) is 0. The molecule has 1 fully saturated rings. The van der Waals surface area contributed by atoms with E-state index >= 15 is 0 Å². The zero-order valence-electron chi connectivity index (χ0n) is 13.5. The number of benzene rings is 1. The van der Waals surface area contributed by atoms with Crippen molar-refractivity contribution in [1.82, 2.24) is 19.5 Å². The maximum Gasteiger partial charge on any atom is 0.245 e. The zero-order chi connectivity index (χ0) is 16.4. The van der Waals surface area contributed by atoms with Gasteiger partial charge in [-0.15, -0.1) is 0 Å². The molecule has 2 heterocycles. The Hall–Kier alpha value is -1.51. The molecule has 0 bridgehead atoms. The lowest BCUT2D eigenvalue weighted by Gasteiger charge is -2.34. The molecule has 1 saturated heterocycles. The minimum Gasteiger partial charge on any atom is -0.301 e. The molecule has 23 heavy (non-hydrogen) atoms. The van der Waals surface area contributed by atoms with Gasteiger partial charge >= 0.3 is 0 Å². The number of fused-ring (bicyclic) bond motifs is 1. The van der Waals surface area contributed by atoms with Crippen LogP contribution in [0.25, 0.3) is 11.0 Å². The molecule has 0 unspecified atom stereocenters. The first kappa shape index (κ1) is 16.4. The molecule has 0 atom stereocenters. The number of hydrogen-bond acceptors (Lipinski definition) is 6. The summed E-state index contributed by atoms with van der Waals surface area (Å²) in [4.78, 5) is 2.50. The summed E-state index contributed by atoms with van der Waals surface area (Å²) in [7, 11) is -3.57. The summed E-state index contributed by atoms with van der Waals surface area (Å²) in [6, 6.07) is 4.92. The molecule has 1 aliphatic rings. The minimum absolute atomic E-state index is 0.173. The summed E-state index contributed by atoms with van der Waals surface area (Å²) in [6.07, 6.45) is 1.14. The third-order valence-corrected chi connectivity index (χ3v) is 6.15. The summed E-state index contributed by atoms with van der Waals surface area (Å²) >= 11 is 0. The lowest BCUT2D eigenvalue weighted by molar-refractivity contribution is 0.180. The molecule has 0 aliphatic carbocycles. The SMILES string of the molecule is CC(C)CCN1CCN(S(=O)(=O)c2cccc3nonc23)CC1. The predicted octanol–water partition coefficient (Wildman–Crippen LogP) is 1.58. The van der Waals surface area contributed by atoms with E-state index in [1.807, 2.05) is 0 Å². The highest BCUT2D eigenvalue weighted by Gasteiger charge is 2.30. The second-order valence-corrected chi connectivity index (χ2v) is 8.22. The van der Waals surface area contributed by atoms with Gasteiger partial charge in [-0.3, -0.25) is 0 Å². The van der Waals surface area contributed by atoms with Crippen LogP contribution in [0.2, 0.25) is 0 Å². The topological polar surface area (TPSA) is 79.5 Å². The van der Waals surface area contributed by atoms with Gasteiger partial charge in [-0.05, 0) is 41.3 Å². The molecule has 1 aromatic heterocycles. The van der Waals surface area contributed by atoms with Gasteiger partial charge in [-0.2, -0.15) is 4.31 Å². The van der Waals surface area contributed by atoms with Crippen molar-refractivity contribution in [2.24, 2.45) is 5.92 Å². The highest BCUT2D eigenvalue weighted by atomic mass is 32.2. The molecule has 8 heteroatoms. The van der Waals surface area contributed by atoms with Gasteiger partial charge in [0, 0.05) is 26.2 Å². The molecule has 2 aromatic rings. The average molecular weight is 338 g/mol. The van der Waals surface area contributed by atoms with E-state index in [0.717, 1.165) is 26.1 Å². The third-order valence-electron chi connectivity index (χ3n) is 4.22. The molecular formula is C15H22N4O3S. The monoisotopic (exact) mass is 338 g/mol. The Bertz CT molecular complexity index is 764. The van der Waals surface area contributed by atoms with E-state index in [4.69, 9.17) is 0 Å². The Balaban J connectivity index is 1.73. The Kier molecular flexibility index (Phi) is 4.65. The van der Waals surface area contributed by atoms with Gasteiger partial charge in [0.05, 0.1) is 0 Å². The number of piperazine rings is 1. The molecule has 3 rings (SSSR count). The van der Waals surface area contributed by atoms with Crippen molar-refractivity contribution in [3.63, 3.8) is 0 Å². The smallest absolute Gasteiger partial charge is 0.245 e. The van der Waals surface area contributed by atoms with Crippen molar-refractivity contribution in [2.45, 2.75) is 25.2 Å². The van der Waals surface area contributed by atoms with Crippen LogP contribution in [0.1, 0.15) is 20.3 Å². The van der Waals surface area contributed by atoms with Gasteiger partial charge in [-0.1, -0.05) is 19.9 Å². The second-order valence-electron chi connectivity index (χ2n) is 6.32. The van der Waals surface area contributed by atoms with E-state index in [2.05, 4.69) is 33.7 Å². The summed E-state index contributed by atoms with van der Waals surface area (Å²) in [5, 5.41) is 7.45. The highest BCUT2D eigenvalue weighted by molar-refractivity contribution is 7.89. The van der Waals surface area contributed by atoms with Crippen molar-refractivity contribution in [1.29, 1.82) is 0 Å². The second kappa shape index (κ2) is 6.54. The Morgan fingerprint density at radius 3 is 2.61 bits per heavy atom. The first-order chi connectivity index (χ1) is 11.0. The molecule has 0 spiro atoms. The van der Waals surface area contributed by atoms with E-state index < -0.39 is 10.0 Å². The Morgan fingerprint density at radius 1 is 1.17 bits per heavy atom. The molecule has 0 N–H and O–H groups in total. The Labute approximate surface area is 136 Å². The molecule has 1 aromatic carbocycles. The van der Waals surface area contributed by atoms with Crippen LogP contribution in [0.3, 0.4) is 0 Å². The van der Waals surface area contributed by atoms with Crippen LogP contribution >= 0.6 is 0 Å². The van der Waals surface area contributed by atoms with Gasteiger partial charge < -0.3 is 4.90 Å². The van der Waals surface area contributed by atoms with Crippen LogP contribution in [0, 0.1) is 5.92 Å². The highest BCUT2D eigenvalue weighted by Crippen LogP contribution is 2.24. The van der Waals surface area contributed by atoms with Crippen molar-refractivity contribution >= 4 is 21.1 Å². The maximum atomic E-state index is 12.9. The fourth-order valence-electron chi connectivity index (χ4n) is 2.76. The van der Waals surface area contributed by atoms with Crippen LogP contribution in [-0.4, -0.2) is 60.7 Å². The number of nitrogens with zero attached hydrogens (tertiary/aromatic N) is 4. The fraction of sp³-hybridized carbons (Fsp3) is 0.600. The van der Waals surface area contributed by atoms with Gasteiger partial charge in [0.2, 0.25) is 10.0 Å². The average Bonchev–Trinajstić information content (AvgIpc) is 3.01. The number of rotatable bonds is 5. The van der Waals surface area contributed by atoms with Crippen molar-refractivity contribution in [3.05, 3.63) is 18.2 Å². The first-order valence-electron chi connectivity index (χ1n) is 7.92. The summed E-state index contributed by atoms with van der Waals surface area (Å²) in [6.45, 7) is 7.96. The van der Waals surface area contributed by atoms with Crippen molar-refractivity contribution < 1.29 is 13.0 Å². The quantitative estimate of drug-likeness (QED) is 0.823. The van der Waals surface area contributed by atoms with Crippen LogP contribution in [0.15, 0.2) is 27.7 Å². The Morgan fingerprint density at radius 2 is 1.91 bits per heavy atom. The fourth-order valence-corrected chi connectivity index (χ4v) is 4.32. The van der Waals surface area contributed by atoms with Gasteiger partial charge in [-0.25, -0.2) is 13.0 Å². The van der Waals surface area contributed by atoms with Crippen LogP contribution in [0.5, 0.6) is 0 Å². The van der Waals surface area contributed by atoms with E-state index in [0.29, 0.717) is 30.0 Å². The largest absolute Gasteiger partial charge is 0.301 e. The van der Waals surface area contributed by atoms with Crippen LogP contribution in [-0.2, 0) is 10.0 Å². The summed E-state index contributed by atoms with van der Waals surface area (Å²) in [5.41, 5.74) is 0.761. The van der Waals surface area contributed by atoms with E-state index in [1.54, 1.807) is 18.2 Å². The molecule has 0 radical (unpaired) electrons. The van der Waals surface area contributed by atoms with E-state index in [1.165, 1.54) is 4.31 Å². The lowest BCUT2D eigenvalue weighted by atomic mass is 10.1. The van der Waals surface area contributed by atoms with Gasteiger partial charge in [0.1, 0.15) is 10.4 Å². The third kappa shape index (κ3) is 3.39. The molecule has 0 saturated carbocycles. The van der Waals surface area contributed by atoms with E-state index in [-0.39, 0.29) is 4.90 Å². The van der Waals surface area contributed by atoms with Crippen LogP contribution in [0.4, 0.5) is 0 Å². The maximum absolute atomic E-state index is 12.9. The van der Waals surface area contributed by atoms with Crippen LogP contribution < -0.4 is 0 Å². The minimum atomic E-state index is -3.57. The zero-order valence-corrected chi connectivity index (χ0v) is 14.3. The van der Waals surface area contributed by atoms with Crippen molar-refractivity contribution in [3.8, 4) is 0 Å². The first-order valence-corrected chi connectivity index (χ1v) is 9.36. The van der Waals surface area contributed by atoms with Gasteiger partial charge in [0.25, 0.3) is 0 Å². The predicted molar refractivity (Wildman–Crippen MR) is 86.5 cm³/mol. The molecular weight excluding hydrogens is 316 g/mol. The number of aromatic nitrogens is 2. The normalized spacial score (nSPS) is 18.0. The lowest BCUT2D eigenvalue weighted by Crippen LogP contribution is -2.48. The molecule has 1 aliphatic heterocycles. The molecule has 126 valence electrons. The van der Waals surface area contributed by atoms with E-state index in [9.17, 15) is 8.42 Å². The molecule has 7 nitrogen and oxygen atoms in total.